The third-order valence-corrected chi connectivity index (χ3v) is 3.06. The lowest BCUT2D eigenvalue weighted by molar-refractivity contribution is -0.114. The van der Waals surface area contributed by atoms with E-state index in [9.17, 15) is 9.59 Å². The minimum atomic E-state index is -0.617. The van der Waals surface area contributed by atoms with Gasteiger partial charge in [-0.2, -0.15) is 0 Å². The van der Waals surface area contributed by atoms with E-state index in [1.165, 1.54) is 11.0 Å². The number of ketones is 1. The fourth-order valence-electron chi connectivity index (χ4n) is 1.77. The van der Waals surface area contributed by atoms with Crippen LogP contribution in [0.25, 0.3) is 0 Å². The molecule has 1 aliphatic heterocycles. The first-order valence-electron chi connectivity index (χ1n) is 4.92. The monoisotopic (exact) mass is 269 g/mol. The van der Waals surface area contributed by atoms with Crippen LogP contribution in [-0.4, -0.2) is 18.2 Å². The Balaban J connectivity index is 2.63. The van der Waals surface area contributed by atoms with Crippen LogP contribution in [0.4, 0.5) is 5.69 Å². The van der Waals surface area contributed by atoms with Crippen molar-refractivity contribution in [3.05, 3.63) is 39.9 Å². The molecule has 0 bridgehead atoms. The summed E-state index contributed by atoms with van der Waals surface area (Å²) in [6.45, 7) is 5.76. The fourth-order valence-corrected chi connectivity index (χ4v) is 2.27. The number of anilines is 1. The van der Waals surface area contributed by atoms with E-state index in [2.05, 4.69) is 6.58 Å². The summed E-state index contributed by atoms with van der Waals surface area (Å²) in [5, 5.41) is 0.580. The minimum Gasteiger partial charge on any atom is -0.299 e. The summed E-state index contributed by atoms with van der Waals surface area (Å²) in [7, 11) is 0. The Hall–Kier alpha value is -1.32. The van der Waals surface area contributed by atoms with Crippen LogP contribution >= 0.6 is 23.2 Å². The number of carbonyl (C=O) groups excluding carboxylic acids is 2. The number of rotatable bonds is 2. The predicted molar refractivity (Wildman–Crippen MR) is 68.0 cm³/mol. The molecule has 17 heavy (non-hydrogen) atoms. The van der Waals surface area contributed by atoms with E-state index in [-0.39, 0.29) is 17.1 Å². The van der Waals surface area contributed by atoms with Crippen LogP contribution in [0.5, 0.6) is 0 Å². The van der Waals surface area contributed by atoms with Crippen molar-refractivity contribution in [1.82, 2.24) is 0 Å². The Morgan fingerprint density at radius 3 is 2.47 bits per heavy atom. The lowest BCUT2D eigenvalue weighted by Crippen LogP contribution is -2.31. The first-order chi connectivity index (χ1) is 7.93. The van der Waals surface area contributed by atoms with Crippen LogP contribution in [0.3, 0.4) is 0 Å². The van der Waals surface area contributed by atoms with Crippen molar-refractivity contribution in [3.63, 3.8) is 0 Å². The van der Waals surface area contributed by atoms with E-state index < -0.39 is 11.7 Å². The van der Waals surface area contributed by atoms with Gasteiger partial charge in [0.2, 0.25) is 0 Å². The van der Waals surface area contributed by atoms with E-state index >= 15 is 0 Å². The van der Waals surface area contributed by atoms with Crippen molar-refractivity contribution in [1.29, 1.82) is 0 Å². The summed E-state index contributed by atoms with van der Waals surface area (Å²) >= 11 is 11.9. The van der Waals surface area contributed by atoms with Crippen molar-refractivity contribution in [2.45, 2.75) is 6.92 Å². The summed E-state index contributed by atoms with van der Waals surface area (Å²) in [5.74, 6) is -1.23. The normalized spacial score (nSPS) is 14.2. The molecule has 0 saturated heterocycles. The van der Waals surface area contributed by atoms with E-state index in [4.69, 9.17) is 23.2 Å². The van der Waals surface area contributed by atoms with Gasteiger partial charge in [-0.15, -0.1) is 0 Å². The molecule has 0 aliphatic carbocycles. The Bertz CT molecular complexity index is 552. The van der Waals surface area contributed by atoms with Gasteiger partial charge in [0.15, 0.2) is 0 Å². The molecule has 1 heterocycles. The molecule has 5 heteroatoms. The maximum atomic E-state index is 11.8. The van der Waals surface area contributed by atoms with Crippen LogP contribution in [-0.2, 0) is 4.79 Å². The number of fused-ring (bicyclic) bond motifs is 1. The van der Waals surface area contributed by atoms with Crippen molar-refractivity contribution in [3.8, 4) is 0 Å². The molecule has 3 nitrogen and oxygen atoms in total. The van der Waals surface area contributed by atoms with Gasteiger partial charge in [-0.05, 0) is 19.1 Å². The van der Waals surface area contributed by atoms with Crippen LogP contribution in [0.2, 0.25) is 10.0 Å². The maximum absolute atomic E-state index is 11.8. The number of nitrogens with zero attached hydrogens (tertiary/aromatic N) is 1. The van der Waals surface area contributed by atoms with Gasteiger partial charge in [-0.25, -0.2) is 0 Å². The number of carbonyl (C=O) groups is 2. The molecule has 1 aromatic carbocycles. The third kappa shape index (κ3) is 1.85. The van der Waals surface area contributed by atoms with Crippen molar-refractivity contribution in [2.24, 2.45) is 0 Å². The van der Waals surface area contributed by atoms with Gasteiger partial charge in [0.05, 0.1) is 21.3 Å². The van der Waals surface area contributed by atoms with Crippen molar-refractivity contribution < 1.29 is 9.59 Å². The Morgan fingerprint density at radius 1 is 1.29 bits per heavy atom. The van der Waals surface area contributed by atoms with Crippen molar-refractivity contribution in [2.75, 3.05) is 11.4 Å². The minimum absolute atomic E-state index is 0.186. The Kier molecular flexibility index (Phi) is 2.98. The first kappa shape index (κ1) is 12.1. The number of amides is 1. The smallest absolute Gasteiger partial charge is 0.299 e. The Labute approximate surface area is 109 Å². The largest absolute Gasteiger partial charge is 0.299 e. The number of hydrogen-bond donors (Lipinski definition) is 0. The lowest BCUT2D eigenvalue weighted by Gasteiger charge is -2.17. The number of halogens is 2. The summed E-state index contributed by atoms with van der Waals surface area (Å²) < 4.78 is 0. The van der Waals surface area contributed by atoms with E-state index in [1.54, 1.807) is 13.0 Å². The summed E-state index contributed by atoms with van der Waals surface area (Å²) in [5.41, 5.74) is 1.33. The highest BCUT2D eigenvalue weighted by Crippen LogP contribution is 2.40. The van der Waals surface area contributed by atoms with Crippen LogP contribution < -0.4 is 4.90 Å². The second-order valence-electron chi connectivity index (χ2n) is 3.93. The maximum Gasteiger partial charge on any atom is 0.299 e. The van der Waals surface area contributed by atoms with Gasteiger partial charge in [0.25, 0.3) is 11.7 Å². The number of Topliss-reactive ketones (excluding diaryl/α,β-unsaturated/α-hetero) is 1. The summed E-state index contributed by atoms with van der Waals surface area (Å²) in [6, 6.07) is 3.08. The zero-order valence-corrected chi connectivity index (χ0v) is 10.6. The van der Waals surface area contributed by atoms with Crippen LogP contribution in [0.1, 0.15) is 17.3 Å². The molecule has 0 N–H and O–H groups in total. The molecule has 0 radical (unpaired) electrons. The summed E-state index contributed by atoms with van der Waals surface area (Å²) in [6.07, 6.45) is 0. The second kappa shape index (κ2) is 4.17. The van der Waals surface area contributed by atoms with Gasteiger partial charge >= 0.3 is 0 Å². The molecule has 0 unspecified atom stereocenters. The first-order valence-corrected chi connectivity index (χ1v) is 5.67. The van der Waals surface area contributed by atoms with Crippen LogP contribution in [0.15, 0.2) is 24.3 Å². The van der Waals surface area contributed by atoms with Gasteiger partial charge in [-0.1, -0.05) is 35.4 Å². The fraction of sp³-hybridized carbons (Fsp3) is 0.167. The topological polar surface area (TPSA) is 37.4 Å². The standard InChI is InChI=1S/C12H9Cl2NO2/c1-6(2)5-15-10-8(14)4-3-7(13)9(10)11(16)12(15)17/h3-4H,1,5H2,2H3. The lowest BCUT2D eigenvalue weighted by atomic mass is 10.1. The van der Waals surface area contributed by atoms with Crippen LogP contribution in [0, 0.1) is 0 Å². The summed E-state index contributed by atoms with van der Waals surface area (Å²) in [4.78, 5) is 24.9. The van der Waals surface area contributed by atoms with Gasteiger partial charge in [-0.3, -0.25) is 14.5 Å². The molecule has 0 spiro atoms. The highest BCUT2D eigenvalue weighted by molar-refractivity contribution is 6.57. The molecule has 1 aliphatic rings. The third-order valence-electron chi connectivity index (χ3n) is 2.44. The molecule has 88 valence electrons. The predicted octanol–water partition coefficient (Wildman–Crippen LogP) is 3.10. The molecule has 1 amide bonds. The van der Waals surface area contributed by atoms with E-state index in [1.807, 2.05) is 0 Å². The van der Waals surface area contributed by atoms with Gasteiger partial charge < -0.3 is 0 Å². The Morgan fingerprint density at radius 2 is 1.88 bits per heavy atom. The zero-order chi connectivity index (χ0) is 12.7. The molecular formula is C12H9Cl2NO2. The molecule has 0 fully saturated rings. The number of benzene rings is 1. The van der Waals surface area contributed by atoms with Crippen molar-refractivity contribution >= 4 is 40.6 Å². The second-order valence-corrected chi connectivity index (χ2v) is 4.74. The number of hydrogen-bond acceptors (Lipinski definition) is 2. The van der Waals surface area contributed by atoms with E-state index in [0.29, 0.717) is 10.7 Å². The SMILES string of the molecule is C=C(C)CN1C(=O)C(=O)c2c(Cl)ccc(Cl)c21. The molecule has 0 aromatic heterocycles. The van der Waals surface area contributed by atoms with Gasteiger partial charge in [0.1, 0.15) is 0 Å². The molecule has 0 atom stereocenters. The average molecular weight is 270 g/mol. The molecule has 0 saturated carbocycles. The highest BCUT2D eigenvalue weighted by atomic mass is 35.5. The highest BCUT2D eigenvalue weighted by Gasteiger charge is 2.39. The molecule has 2 rings (SSSR count). The zero-order valence-electron chi connectivity index (χ0n) is 9.09. The quantitative estimate of drug-likeness (QED) is 0.611. The average Bonchev–Trinajstić information content (AvgIpc) is 2.49. The van der Waals surface area contributed by atoms with Gasteiger partial charge in [0, 0.05) is 6.54 Å². The van der Waals surface area contributed by atoms with E-state index in [0.717, 1.165) is 5.57 Å². The molecular weight excluding hydrogens is 261 g/mol. The molecule has 1 aromatic rings.